The lowest BCUT2D eigenvalue weighted by molar-refractivity contribution is -0.161. The van der Waals surface area contributed by atoms with E-state index in [0.717, 1.165) is 19.3 Å². The fraction of sp³-hybridized carbons (Fsp3) is 0.667. The van der Waals surface area contributed by atoms with Gasteiger partial charge in [0, 0.05) is 0 Å². The first kappa shape index (κ1) is 20.4. The molecule has 0 N–H and O–H groups in total. The Morgan fingerprint density at radius 1 is 0.864 bits per heavy atom. The minimum absolute atomic E-state index is 0.112. The van der Waals surface area contributed by atoms with Crippen molar-refractivity contribution in [3.63, 3.8) is 0 Å². The number of ether oxygens (including phenoxy) is 2. The van der Waals surface area contributed by atoms with E-state index in [4.69, 9.17) is 9.47 Å². The second kappa shape index (κ2) is 14.4. The summed E-state index contributed by atoms with van der Waals surface area (Å²) in [5, 5.41) is 0. The molecule has 0 saturated carbocycles. The van der Waals surface area contributed by atoms with Crippen LogP contribution in [0, 0.1) is 5.92 Å². The zero-order valence-corrected chi connectivity index (χ0v) is 13.9. The van der Waals surface area contributed by atoms with Crippen LogP contribution in [0.5, 0.6) is 0 Å². The van der Waals surface area contributed by atoms with E-state index in [1.807, 2.05) is 0 Å². The molecule has 0 bridgehead atoms. The van der Waals surface area contributed by atoms with Gasteiger partial charge in [0.05, 0.1) is 0 Å². The Hall–Kier alpha value is -1.58. The molecule has 0 rings (SSSR count). The molecule has 0 aliphatic rings. The fourth-order valence-corrected chi connectivity index (χ4v) is 2.12. The van der Waals surface area contributed by atoms with E-state index in [-0.39, 0.29) is 13.2 Å². The Kier molecular flexibility index (Phi) is 13.3. The van der Waals surface area contributed by atoms with Crippen molar-refractivity contribution in [3.05, 3.63) is 25.3 Å². The molecule has 0 aliphatic carbocycles. The summed E-state index contributed by atoms with van der Waals surface area (Å²) in [4.78, 5) is 23.8. The second-order valence-corrected chi connectivity index (χ2v) is 5.30. The van der Waals surface area contributed by atoms with Crippen LogP contribution < -0.4 is 0 Å². The molecule has 0 atom stereocenters. The van der Waals surface area contributed by atoms with Gasteiger partial charge in [0.25, 0.3) is 0 Å². The van der Waals surface area contributed by atoms with Gasteiger partial charge in [-0.15, -0.1) is 0 Å². The van der Waals surface area contributed by atoms with E-state index in [2.05, 4.69) is 20.1 Å². The zero-order chi connectivity index (χ0) is 16.6. The number of esters is 2. The highest BCUT2D eigenvalue weighted by Crippen LogP contribution is 2.16. The van der Waals surface area contributed by atoms with E-state index in [1.165, 1.54) is 37.8 Å². The van der Waals surface area contributed by atoms with E-state index < -0.39 is 17.9 Å². The van der Waals surface area contributed by atoms with Gasteiger partial charge in [0.15, 0.2) is 5.92 Å². The Labute approximate surface area is 134 Å². The van der Waals surface area contributed by atoms with Crippen LogP contribution in [0.2, 0.25) is 0 Å². The lowest BCUT2D eigenvalue weighted by atomic mass is 10.00. The second-order valence-electron chi connectivity index (χ2n) is 5.30. The first-order chi connectivity index (χ1) is 10.7. The summed E-state index contributed by atoms with van der Waals surface area (Å²) in [5.74, 6) is -1.89. The van der Waals surface area contributed by atoms with E-state index >= 15 is 0 Å². The Balaban J connectivity index is 4.16. The van der Waals surface area contributed by atoms with Crippen molar-refractivity contribution in [2.24, 2.45) is 5.92 Å². The molecule has 126 valence electrons. The largest absolute Gasteiger partial charge is 0.461 e. The summed E-state index contributed by atoms with van der Waals surface area (Å²) < 4.78 is 9.96. The number of carbonyl (C=O) groups excluding carboxylic acids is 2. The predicted molar refractivity (Wildman–Crippen MR) is 88.4 cm³/mol. The minimum atomic E-state index is -0.837. The number of hydrogen-bond acceptors (Lipinski definition) is 4. The van der Waals surface area contributed by atoms with Crippen LogP contribution >= 0.6 is 0 Å². The fourth-order valence-electron chi connectivity index (χ4n) is 2.12. The Bertz CT molecular complexity index is 312. The van der Waals surface area contributed by atoms with Crippen LogP contribution in [0.3, 0.4) is 0 Å². The average Bonchev–Trinajstić information content (AvgIpc) is 2.53. The van der Waals surface area contributed by atoms with Crippen molar-refractivity contribution in [1.82, 2.24) is 0 Å². The molecule has 0 radical (unpaired) electrons. The van der Waals surface area contributed by atoms with Crippen molar-refractivity contribution in [3.8, 4) is 0 Å². The van der Waals surface area contributed by atoms with Gasteiger partial charge in [0.1, 0.15) is 13.2 Å². The van der Waals surface area contributed by atoms with Crippen LogP contribution in [-0.4, -0.2) is 25.2 Å². The molecule has 0 amide bonds. The highest BCUT2D eigenvalue weighted by Gasteiger charge is 2.28. The summed E-state index contributed by atoms with van der Waals surface area (Å²) >= 11 is 0. The first-order valence-electron chi connectivity index (χ1n) is 8.22. The van der Waals surface area contributed by atoms with Crippen LogP contribution in [0.15, 0.2) is 25.3 Å². The molecular formula is C18H30O4. The molecule has 0 fully saturated rings. The third-order valence-electron chi connectivity index (χ3n) is 3.35. The van der Waals surface area contributed by atoms with Crippen molar-refractivity contribution in [2.45, 2.75) is 58.3 Å². The summed E-state index contributed by atoms with van der Waals surface area (Å²) in [7, 11) is 0. The van der Waals surface area contributed by atoms with E-state index in [9.17, 15) is 9.59 Å². The predicted octanol–water partition coefficient (Wildman–Crippen LogP) is 4.20. The zero-order valence-electron chi connectivity index (χ0n) is 13.9. The highest BCUT2D eigenvalue weighted by molar-refractivity contribution is 5.94. The third-order valence-corrected chi connectivity index (χ3v) is 3.35. The number of carbonyl (C=O) groups is 2. The number of unbranched alkanes of at least 4 members (excludes halogenated alkanes) is 6. The molecule has 4 heteroatoms. The Morgan fingerprint density at radius 3 is 1.77 bits per heavy atom. The summed E-state index contributed by atoms with van der Waals surface area (Å²) in [6.07, 6.45) is 11.4. The molecule has 0 aromatic heterocycles. The Morgan fingerprint density at radius 2 is 1.32 bits per heavy atom. The quantitative estimate of drug-likeness (QED) is 0.209. The lowest BCUT2D eigenvalue weighted by Gasteiger charge is -2.14. The normalized spacial score (nSPS) is 10.3. The maximum atomic E-state index is 11.9. The standard InChI is InChI=1S/C18H30O4/c1-4-7-8-9-10-11-12-13-16(17(19)21-14-5-2)18(20)22-15-6-3/h5-6,16H,2-4,7-15H2,1H3. The van der Waals surface area contributed by atoms with Gasteiger partial charge < -0.3 is 9.47 Å². The molecule has 0 aliphatic heterocycles. The molecule has 0 heterocycles. The molecule has 0 unspecified atom stereocenters. The smallest absolute Gasteiger partial charge is 0.320 e. The van der Waals surface area contributed by atoms with Crippen molar-refractivity contribution >= 4 is 11.9 Å². The van der Waals surface area contributed by atoms with Gasteiger partial charge >= 0.3 is 11.9 Å². The molecular weight excluding hydrogens is 280 g/mol. The highest BCUT2D eigenvalue weighted by atomic mass is 16.6. The van der Waals surface area contributed by atoms with Crippen molar-refractivity contribution < 1.29 is 19.1 Å². The van der Waals surface area contributed by atoms with Crippen LogP contribution in [0.4, 0.5) is 0 Å². The van der Waals surface area contributed by atoms with Gasteiger partial charge in [-0.05, 0) is 6.42 Å². The lowest BCUT2D eigenvalue weighted by Crippen LogP contribution is -2.28. The van der Waals surface area contributed by atoms with E-state index in [1.54, 1.807) is 0 Å². The monoisotopic (exact) mass is 310 g/mol. The van der Waals surface area contributed by atoms with Gasteiger partial charge in [-0.3, -0.25) is 9.59 Å². The van der Waals surface area contributed by atoms with Crippen LogP contribution in [-0.2, 0) is 19.1 Å². The molecule has 22 heavy (non-hydrogen) atoms. The van der Waals surface area contributed by atoms with E-state index in [0.29, 0.717) is 6.42 Å². The summed E-state index contributed by atoms with van der Waals surface area (Å²) in [6.45, 7) is 9.39. The summed E-state index contributed by atoms with van der Waals surface area (Å²) in [6, 6.07) is 0. The van der Waals surface area contributed by atoms with Gasteiger partial charge in [-0.2, -0.15) is 0 Å². The van der Waals surface area contributed by atoms with Gasteiger partial charge in [-0.25, -0.2) is 0 Å². The molecule has 4 nitrogen and oxygen atoms in total. The first-order valence-corrected chi connectivity index (χ1v) is 8.22. The number of rotatable bonds is 14. The van der Waals surface area contributed by atoms with Crippen molar-refractivity contribution in [2.75, 3.05) is 13.2 Å². The maximum absolute atomic E-state index is 11.9. The van der Waals surface area contributed by atoms with Gasteiger partial charge in [-0.1, -0.05) is 77.2 Å². The minimum Gasteiger partial charge on any atom is -0.461 e. The number of hydrogen-bond donors (Lipinski definition) is 0. The maximum Gasteiger partial charge on any atom is 0.320 e. The summed E-state index contributed by atoms with van der Waals surface area (Å²) in [5.41, 5.74) is 0. The molecule has 0 saturated heterocycles. The molecule has 0 spiro atoms. The van der Waals surface area contributed by atoms with Crippen LogP contribution in [0.1, 0.15) is 58.3 Å². The van der Waals surface area contributed by atoms with Gasteiger partial charge in [0.2, 0.25) is 0 Å². The average molecular weight is 310 g/mol. The molecule has 0 aromatic rings. The van der Waals surface area contributed by atoms with Crippen molar-refractivity contribution in [1.29, 1.82) is 0 Å². The van der Waals surface area contributed by atoms with Crippen LogP contribution in [0.25, 0.3) is 0 Å². The topological polar surface area (TPSA) is 52.6 Å². The third kappa shape index (κ3) is 10.2. The molecule has 0 aromatic carbocycles. The SMILES string of the molecule is C=CCOC(=O)C(CCCCCCCCC)C(=O)OCC=C.